The quantitative estimate of drug-likeness (QED) is 0.852. The lowest BCUT2D eigenvalue weighted by Gasteiger charge is -2.12. The van der Waals surface area contributed by atoms with E-state index in [1.807, 2.05) is 6.92 Å². The Kier molecular flexibility index (Phi) is 4.49. The number of hydrogen-bond donors (Lipinski definition) is 1. The summed E-state index contributed by atoms with van der Waals surface area (Å²) < 4.78 is 0. The minimum atomic E-state index is -0.0319. The Morgan fingerprint density at radius 3 is 2.78 bits per heavy atom. The van der Waals surface area contributed by atoms with Crippen molar-refractivity contribution in [3.63, 3.8) is 0 Å². The fraction of sp³-hybridized carbons (Fsp3) is 0.714. The smallest absolute Gasteiger partial charge is 0.233 e. The van der Waals surface area contributed by atoms with E-state index in [2.05, 4.69) is 24.2 Å². The number of rotatable bonds is 3. The highest BCUT2D eigenvalue weighted by atomic mass is 32.2. The molecule has 0 aromatic rings. The third-order valence-corrected chi connectivity index (χ3v) is 4.59. The molecular formula is C14H22N2OS. The molecule has 1 atom stereocenters. The Labute approximate surface area is 114 Å². The lowest BCUT2D eigenvalue weighted by molar-refractivity contribution is -0.120. The van der Waals surface area contributed by atoms with Crippen LogP contribution >= 0.6 is 11.8 Å². The van der Waals surface area contributed by atoms with Gasteiger partial charge in [0.25, 0.3) is 0 Å². The first kappa shape index (κ1) is 13.7. The largest absolute Gasteiger partial charge is 0.352 e. The van der Waals surface area contributed by atoms with Crippen molar-refractivity contribution in [3.8, 4) is 0 Å². The lowest BCUT2D eigenvalue weighted by Crippen LogP contribution is -2.33. The molecule has 1 aliphatic carbocycles. The van der Waals surface area contributed by atoms with Crippen LogP contribution in [0.5, 0.6) is 0 Å². The summed E-state index contributed by atoms with van der Waals surface area (Å²) in [5, 5.41) is 4.13. The van der Waals surface area contributed by atoms with Gasteiger partial charge < -0.3 is 5.32 Å². The molecule has 0 aromatic heterocycles. The molecule has 0 aromatic carbocycles. The van der Waals surface area contributed by atoms with Gasteiger partial charge >= 0.3 is 0 Å². The van der Waals surface area contributed by atoms with Crippen LogP contribution in [-0.2, 0) is 4.79 Å². The second-order valence-corrected chi connectivity index (χ2v) is 6.68. The van der Waals surface area contributed by atoms with E-state index in [4.69, 9.17) is 0 Å². The number of nitrogens with one attached hydrogen (secondary N) is 1. The van der Waals surface area contributed by atoms with Crippen LogP contribution in [0.2, 0.25) is 0 Å². The van der Waals surface area contributed by atoms with Gasteiger partial charge in [0.1, 0.15) is 0 Å². The molecular weight excluding hydrogens is 244 g/mol. The number of aliphatic imine (C=N–C) groups is 1. The molecule has 18 heavy (non-hydrogen) atoms. The van der Waals surface area contributed by atoms with Gasteiger partial charge in [-0.15, -0.1) is 0 Å². The normalized spacial score (nSPS) is 22.3. The molecule has 0 radical (unpaired) electrons. The molecule has 0 spiro atoms. The number of allylic oxidation sites excluding steroid dienone is 2. The lowest BCUT2D eigenvalue weighted by atomic mass is 10.1. The first-order chi connectivity index (χ1) is 8.56. The third kappa shape index (κ3) is 3.87. The summed E-state index contributed by atoms with van der Waals surface area (Å²) >= 11 is 1.62. The Balaban J connectivity index is 1.91. The van der Waals surface area contributed by atoms with Gasteiger partial charge in [-0.25, -0.2) is 0 Å². The second-order valence-electron chi connectivity index (χ2n) is 5.27. The van der Waals surface area contributed by atoms with Crippen LogP contribution in [0.25, 0.3) is 0 Å². The Hall–Kier alpha value is -0.770. The van der Waals surface area contributed by atoms with Crippen LogP contribution in [0.1, 0.15) is 52.9 Å². The van der Waals surface area contributed by atoms with Crippen LogP contribution in [0.15, 0.2) is 16.3 Å². The van der Waals surface area contributed by atoms with Crippen LogP contribution in [0.3, 0.4) is 0 Å². The van der Waals surface area contributed by atoms with E-state index in [0.29, 0.717) is 6.04 Å². The fourth-order valence-electron chi connectivity index (χ4n) is 1.91. The molecule has 1 aliphatic heterocycles. The highest BCUT2D eigenvalue weighted by Gasteiger charge is 2.26. The van der Waals surface area contributed by atoms with Gasteiger partial charge in [0.15, 0.2) is 0 Å². The van der Waals surface area contributed by atoms with Gasteiger partial charge in [0.05, 0.1) is 10.3 Å². The zero-order valence-electron chi connectivity index (χ0n) is 11.5. The van der Waals surface area contributed by atoms with Crippen LogP contribution < -0.4 is 5.32 Å². The minimum absolute atomic E-state index is 0.0319. The summed E-state index contributed by atoms with van der Waals surface area (Å²) in [6.45, 7) is 6.19. The van der Waals surface area contributed by atoms with E-state index in [0.717, 1.165) is 42.8 Å². The van der Waals surface area contributed by atoms with Crippen LogP contribution in [-0.4, -0.2) is 22.2 Å². The van der Waals surface area contributed by atoms with Gasteiger partial charge in [-0.2, -0.15) is 0 Å². The standard InChI is InChI=1S/C14H22N2OS/c1-9-5-4-6-13(15-10(9)2)18-11(3)14(17)16-12-7-8-12/h11-12H,4-8H2,1-3H3,(H,16,17). The maximum Gasteiger partial charge on any atom is 0.233 e. The van der Waals surface area contributed by atoms with Gasteiger partial charge in [-0.05, 0) is 52.9 Å². The van der Waals surface area contributed by atoms with E-state index in [9.17, 15) is 4.79 Å². The summed E-state index contributed by atoms with van der Waals surface area (Å²) in [6.07, 6.45) is 5.56. The highest BCUT2D eigenvalue weighted by Crippen LogP contribution is 2.26. The summed E-state index contributed by atoms with van der Waals surface area (Å²) in [5.74, 6) is 0.160. The summed E-state index contributed by atoms with van der Waals surface area (Å²) in [5.41, 5.74) is 2.51. The van der Waals surface area contributed by atoms with Gasteiger partial charge in [0, 0.05) is 11.7 Å². The molecule has 0 saturated heterocycles. The van der Waals surface area contributed by atoms with Crippen molar-refractivity contribution in [1.29, 1.82) is 0 Å². The van der Waals surface area contributed by atoms with E-state index < -0.39 is 0 Å². The monoisotopic (exact) mass is 266 g/mol. The first-order valence-electron chi connectivity index (χ1n) is 6.77. The van der Waals surface area contributed by atoms with Crippen molar-refractivity contribution >= 4 is 22.7 Å². The Morgan fingerprint density at radius 1 is 1.39 bits per heavy atom. The molecule has 1 N–H and O–H groups in total. The van der Waals surface area contributed by atoms with Gasteiger partial charge in [0.2, 0.25) is 5.91 Å². The number of hydrogen-bond acceptors (Lipinski definition) is 3. The zero-order valence-corrected chi connectivity index (χ0v) is 12.3. The third-order valence-electron chi connectivity index (χ3n) is 3.46. The zero-order chi connectivity index (χ0) is 13.1. The minimum Gasteiger partial charge on any atom is -0.352 e. The van der Waals surface area contributed by atoms with Crippen LogP contribution in [0.4, 0.5) is 0 Å². The number of amides is 1. The van der Waals surface area contributed by atoms with Crippen molar-refractivity contribution in [2.45, 2.75) is 64.2 Å². The molecule has 3 nitrogen and oxygen atoms in total. The summed E-state index contributed by atoms with van der Waals surface area (Å²) in [6, 6.07) is 0.445. The van der Waals surface area contributed by atoms with Gasteiger partial charge in [-0.1, -0.05) is 17.3 Å². The Morgan fingerprint density at radius 2 is 2.11 bits per heavy atom. The SMILES string of the molecule is CC1=C(C)N=C(SC(C)C(=O)NC2CC2)CCC1. The molecule has 4 heteroatoms. The number of carbonyl (C=O) groups excluding carboxylic acids is 1. The topological polar surface area (TPSA) is 41.5 Å². The van der Waals surface area contributed by atoms with E-state index >= 15 is 0 Å². The average molecular weight is 266 g/mol. The highest BCUT2D eigenvalue weighted by molar-refractivity contribution is 8.15. The number of nitrogens with zero attached hydrogens (tertiary/aromatic N) is 1. The summed E-state index contributed by atoms with van der Waals surface area (Å²) in [7, 11) is 0. The predicted molar refractivity (Wildman–Crippen MR) is 77.9 cm³/mol. The molecule has 2 aliphatic rings. The van der Waals surface area contributed by atoms with Crippen molar-refractivity contribution in [2.75, 3.05) is 0 Å². The van der Waals surface area contributed by atoms with Crippen LogP contribution in [0, 0.1) is 0 Å². The number of thioether (sulfide) groups is 1. The van der Waals surface area contributed by atoms with E-state index in [-0.39, 0.29) is 11.2 Å². The molecule has 2 rings (SSSR count). The van der Waals surface area contributed by atoms with Crippen molar-refractivity contribution in [3.05, 3.63) is 11.3 Å². The van der Waals surface area contributed by atoms with Crippen molar-refractivity contribution < 1.29 is 4.79 Å². The summed E-state index contributed by atoms with van der Waals surface area (Å²) in [4.78, 5) is 16.6. The fourth-order valence-corrected chi connectivity index (χ4v) is 2.95. The first-order valence-corrected chi connectivity index (χ1v) is 7.65. The van der Waals surface area contributed by atoms with Crippen molar-refractivity contribution in [1.82, 2.24) is 5.32 Å². The number of carbonyl (C=O) groups is 1. The molecule has 0 bridgehead atoms. The molecule has 100 valence electrons. The van der Waals surface area contributed by atoms with E-state index in [1.165, 1.54) is 5.57 Å². The van der Waals surface area contributed by atoms with E-state index in [1.54, 1.807) is 11.8 Å². The second kappa shape index (κ2) is 5.91. The van der Waals surface area contributed by atoms with Crippen molar-refractivity contribution in [2.24, 2.45) is 4.99 Å². The Bertz CT molecular complexity index is 397. The molecule has 1 amide bonds. The van der Waals surface area contributed by atoms with Gasteiger partial charge in [-0.3, -0.25) is 9.79 Å². The molecule has 1 heterocycles. The molecule has 1 unspecified atom stereocenters. The maximum atomic E-state index is 11.9. The molecule has 1 fully saturated rings. The average Bonchev–Trinajstić information content (AvgIpc) is 3.12. The maximum absolute atomic E-state index is 11.9. The predicted octanol–water partition coefficient (Wildman–Crippen LogP) is 3.26. The molecule has 1 saturated carbocycles.